The fourth-order valence-electron chi connectivity index (χ4n) is 1.71. The lowest BCUT2D eigenvalue weighted by molar-refractivity contribution is -0.118. The van der Waals surface area contributed by atoms with Gasteiger partial charge < -0.3 is 10.1 Å². The molecular weight excluding hydrogens is 278 g/mol. The molecule has 2 N–H and O–H groups in total. The van der Waals surface area contributed by atoms with Crippen molar-refractivity contribution in [1.82, 2.24) is 10.2 Å². The quantitative estimate of drug-likeness (QED) is 0.860. The summed E-state index contributed by atoms with van der Waals surface area (Å²) in [6.07, 6.45) is 1.92. The first-order valence-corrected chi connectivity index (χ1v) is 6.78. The summed E-state index contributed by atoms with van der Waals surface area (Å²) in [6.45, 7) is 1.97. The lowest BCUT2D eigenvalue weighted by Gasteiger charge is -2.06. The number of carbonyl (C=O) groups excluding carboxylic acids is 1. The third-order valence-electron chi connectivity index (χ3n) is 2.61. The van der Waals surface area contributed by atoms with E-state index in [1.165, 1.54) is 0 Å². The molecule has 0 saturated carbocycles. The van der Waals surface area contributed by atoms with E-state index < -0.39 is 0 Å². The fourth-order valence-corrected chi connectivity index (χ4v) is 1.90. The number of amides is 1. The second kappa shape index (κ2) is 6.96. The summed E-state index contributed by atoms with van der Waals surface area (Å²) in [7, 11) is 0. The number of benzene rings is 1. The molecule has 0 fully saturated rings. The number of hydrogen-bond acceptors (Lipinski definition) is 3. The number of rotatable bonds is 6. The molecule has 5 nitrogen and oxygen atoms in total. The van der Waals surface area contributed by atoms with E-state index in [2.05, 4.69) is 22.4 Å². The third-order valence-corrected chi connectivity index (χ3v) is 2.93. The average molecular weight is 294 g/mol. The second-order valence-electron chi connectivity index (χ2n) is 4.30. The van der Waals surface area contributed by atoms with E-state index >= 15 is 0 Å². The Hall–Kier alpha value is -2.01. The maximum Gasteiger partial charge on any atom is 0.263 e. The van der Waals surface area contributed by atoms with Gasteiger partial charge in [-0.05, 0) is 18.6 Å². The minimum atomic E-state index is -0.278. The zero-order valence-electron chi connectivity index (χ0n) is 11.1. The Morgan fingerprint density at radius 3 is 3.00 bits per heavy atom. The maximum atomic E-state index is 11.7. The Bertz CT molecular complexity index is 583. The van der Waals surface area contributed by atoms with Crippen molar-refractivity contribution in [3.8, 4) is 5.75 Å². The molecule has 1 aromatic heterocycles. The number of para-hydroxylation sites is 1. The van der Waals surface area contributed by atoms with E-state index in [0.29, 0.717) is 16.6 Å². The van der Waals surface area contributed by atoms with Gasteiger partial charge in [-0.15, -0.1) is 0 Å². The molecule has 0 spiro atoms. The first-order valence-electron chi connectivity index (χ1n) is 6.40. The van der Waals surface area contributed by atoms with Gasteiger partial charge in [0, 0.05) is 11.8 Å². The van der Waals surface area contributed by atoms with Crippen molar-refractivity contribution in [3.63, 3.8) is 0 Å². The molecule has 2 rings (SSSR count). The maximum absolute atomic E-state index is 11.7. The van der Waals surface area contributed by atoms with E-state index in [4.69, 9.17) is 16.3 Å². The van der Waals surface area contributed by atoms with Crippen molar-refractivity contribution in [1.29, 1.82) is 0 Å². The Morgan fingerprint density at radius 1 is 1.45 bits per heavy atom. The number of nitrogens with zero attached hydrogens (tertiary/aromatic N) is 1. The zero-order valence-corrected chi connectivity index (χ0v) is 11.9. The van der Waals surface area contributed by atoms with Gasteiger partial charge in [-0.2, -0.15) is 5.10 Å². The molecule has 1 heterocycles. The number of ether oxygens (including phenoxy) is 1. The van der Waals surface area contributed by atoms with Gasteiger partial charge in [0.05, 0.1) is 5.02 Å². The Kier molecular flexibility index (Phi) is 5.01. The van der Waals surface area contributed by atoms with Crippen LogP contribution >= 0.6 is 11.6 Å². The SMILES string of the molecule is CCCc1cc(NC(=O)COc2ccccc2Cl)n[nH]1. The van der Waals surface area contributed by atoms with Crippen LogP contribution in [0.4, 0.5) is 5.82 Å². The van der Waals surface area contributed by atoms with E-state index in [9.17, 15) is 4.79 Å². The van der Waals surface area contributed by atoms with Crippen LogP contribution in [0.2, 0.25) is 5.02 Å². The molecule has 106 valence electrons. The third kappa shape index (κ3) is 3.99. The average Bonchev–Trinajstić information content (AvgIpc) is 2.85. The minimum Gasteiger partial charge on any atom is -0.482 e. The number of nitrogens with one attached hydrogen (secondary N) is 2. The molecule has 6 heteroatoms. The van der Waals surface area contributed by atoms with Crippen molar-refractivity contribution in [3.05, 3.63) is 41.0 Å². The van der Waals surface area contributed by atoms with Gasteiger partial charge in [0.1, 0.15) is 5.75 Å². The summed E-state index contributed by atoms with van der Waals surface area (Å²) in [6, 6.07) is 8.83. The Balaban J connectivity index is 1.84. The van der Waals surface area contributed by atoms with Gasteiger partial charge in [-0.3, -0.25) is 9.89 Å². The van der Waals surface area contributed by atoms with Gasteiger partial charge in [0.2, 0.25) is 0 Å². The number of aromatic nitrogens is 2. The standard InChI is InChI=1S/C14H16ClN3O2/c1-2-5-10-8-13(18-17-10)16-14(19)9-20-12-7-4-3-6-11(12)15/h3-4,6-8H,2,5,9H2,1H3,(H2,16,17,18,19). The summed E-state index contributed by atoms with van der Waals surface area (Å²) in [5.74, 6) is 0.707. The smallest absolute Gasteiger partial charge is 0.263 e. The summed E-state index contributed by atoms with van der Waals surface area (Å²) in [4.78, 5) is 11.7. The second-order valence-corrected chi connectivity index (χ2v) is 4.70. The zero-order chi connectivity index (χ0) is 14.4. The molecule has 2 aromatic rings. The normalized spacial score (nSPS) is 10.3. The van der Waals surface area contributed by atoms with Crippen LogP contribution in [-0.4, -0.2) is 22.7 Å². The summed E-state index contributed by atoms with van der Waals surface area (Å²) in [5, 5.41) is 10.0. The van der Waals surface area contributed by atoms with Crippen molar-refractivity contribution >= 4 is 23.3 Å². The highest BCUT2D eigenvalue weighted by atomic mass is 35.5. The van der Waals surface area contributed by atoms with Crippen LogP contribution in [0, 0.1) is 0 Å². The van der Waals surface area contributed by atoms with Crippen LogP contribution in [0.1, 0.15) is 19.0 Å². The number of aryl methyl sites for hydroxylation is 1. The minimum absolute atomic E-state index is 0.111. The molecule has 1 amide bonds. The van der Waals surface area contributed by atoms with E-state index in [1.54, 1.807) is 24.3 Å². The summed E-state index contributed by atoms with van der Waals surface area (Å²) in [5.41, 5.74) is 0.995. The first kappa shape index (κ1) is 14.4. The van der Waals surface area contributed by atoms with Crippen LogP contribution in [0.5, 0.6) is 5.75 Å². The van der Waals surface area contributed by atoms with Crippen LogP contribution in [0.3, 0.4) is 0 Å². The number of hydrogen-bond donors (Lipinski definition) is 2. The molecule has 0 saturated heterocycles. The van der Waals surface area contributed by atoms with Gasteiger partial charge in [-0.25, -0.2) is 0 Å². The predicted octanol–water partition coefficient (Wildman–Crippen LogP) is 3.03. The van der Waals surface area contributed by atoms with Crippen molar-refractivity contribution in [2.24, 2.45) is 0 Å². The number of H-pyrrole nitrogens is 1. The van der Waals surface area contributed by atoms with Crippen molar-refractivity contribution in [2.45, 2.75) is 19.8 Å². The van der Waals surface area contributed by atoms with Crippen LogP contribution in [0.25, 0.3) is 0 Å². The highest BCUT2D eigenvalue weighted by Crippen LogP contribution is 2.22. The van der Waals surface area contributed by atoms with Crippen molar-refractivity contribution < 1.29 is 9.53 Å². The number of aromatic amines is 1. The molecular formula is C14H16ClN3O2. The predicted molar refractivity (Wildman–Crippen MR) is 78.2 cm³/mol. The molecule has 0 unspecified atom stereocenters. The first-order chi connectivity index (χ1) is 9.69. The lowest BCUT2D eigenvalue weighted by atomic mass is 10.2. The lowest BCUT2D eigenvalue weighted by Crippen LogP contribution is -2.20. The molecule has 0 atom stereocenters. The molecule has 0 aliphatic heterocycles. The fraction of sp³-hybridized carbons (Fsp3) is 0.286. The van der Waals surface area contributed by atoms with Crippen molar-refractivity contribution in [2.75, 3.05) is 11.9 Å². The largest absolute Gasteiger partial charge is 0.482 e. The topological polar surface area (TPSA) is 67.0 Å². The van der Waals surface area contributed by atoms with Gasteiger partial charge >= 0.3 is 0 Å². The van der Waals surface area contributed by atoms with Crippen LogP contribution < -0.4 is 10.1 Å². The molecule has 1 aromatic carbocycles. The van der Waals surface area contributed by atoms with Crippen LogP contribution in [0.15, 0.2) is 30.3 Å². The van der Waals surface area contributed by atoms with Gasteiger partial charge in [-0.1, -0.05) is 37.1 Å². The number of anilines is 1. The number of carbonyl (C=O) groups is 1. The summed E-state index contributed by atoms with van der Waals surface area (Å²) < 4.78 is 5.34. The molecule has 0 radical (unpaired) electrons. The van der Waals surface area contributed by atoms with E-state index in [0.717, 1.165) is 18.5 Å². The monoisotopic (exact) mass is 293 g/mol. The molecule has 0 aliphatic rings. The molecule has 20 heavy (non-hydrogen) atoms. The van der Waals surface area contributed by atoms with Gasteiger partial charge in [0.15, 0.2) is 12.4 Å². The Morgan fingerprint density at radius 2 is 2.25 bits per heavy atom. The number of halogens is 1. The molecule has 0 aliphatic carbocycles. The molecule has 0 bridgehead atoms. The highest BCUT2D eigenvalue weighted by molar-refractivity contribution is 6.32. The summed E-state index contributed by atoms with van der Waals surface area (Å²) >= 11 is 5.93. The van der Waals surface area contributed by atoms with Crippen LogP contribution in [-0.2, 0) is 11.2 Å². The Labute approximate surface area is 122 Å². The highest BCUT2D eigenvalue weighted by Gasteiger charge is 2.08. The van der Waals surface area contributed by atoms with Gasteiger partial charge in [0.25, 0.3) is 5.91 Å². The van der Waals surface area contributed by atoms with E-state index in [-0.39, 0.29) is 12.5 Å². The van der Waals surface area contributed by atoms with E-state index in [1.807, 2.05) is 6.07 Å².